The van der Waals surface area contributed by atoms with Crippen molar-refractivity contribution in [3.05, 3.63) is 124 Å². The summed E-state index contributed by atoms with van der Waals surface area (Å²) in [6, 6.07) is 30.7. The quantitative estimate of drug-likeness (QED) is 0.299. The van der Waals surface area contributed by atoms with Crippen molar-refractivity contribution in [2.45, 2.75) is 6.92 Å². The summed E-state index contributed by atoms with van der Waals surface area (Å²) in [5.74, 6) is -0.0981. The number of H-pyrrole nitrogens is 1. The Morgan fingerprint density at radius 2 is 1.27 bits per heavy atom. The molecular weight excluding hydrogens is 462 g/mol. The van der Waals surface area contributed by atoms with Gasteiger partial charge in [0.25, 0.3) is 0 Å². The number of aromatic nitrogens is 3. The average molecular weight is 484 g/mol. The van der Waals surface area contributed by atoms with Crippen LogP contribution in [-0.2, 0) is 0 Å². The van der Waals surface area contributed by atoms with E-state index in [1.165, 1.54) is 0 Å². The fourth-order valence-electron chi connectivity index (χ4n) is 5.54. The fourth-order valence-corrected chi connectivity index (χ4v) is 5.54. The number of phenolic OH excluding ortho intramolecular Hbond substituents is 1. The second-order valence-corrected chi connectivity index (χ2v) is 9.30. The summed E-state index contributed by atoms with van der Waals surface area (Å²) in [6.07, 6.45) is 0. The Bertz CT molecular complexity index is 2160. The lowest BCUT2D eigenvalue weighted by Crippen LogP contribution is -2.27. The first-order valence-corrected chi connectivity index (χ1v) is 12.0. The highest BCUT2D eigenvalue weighted by molar-refractivity contribution is 6.23. The van der Waals surface area contributed by atoms with Gasteiger partial charge >= 0.3 is 11.4 Å². The fraction of sp³-hybridized carbons (Fsp3) is 0.0323. The van der Waals surface area contributed by atoms with Gasteiger partial charge < -0.3 is 5.11 Å². The van der Waals surface area contributed by atoms with Crippen LogP contribution in [0.2, 0.25) is 0 Å². The van der Waals surface area contributed by atoms with E-state index in [1.54, 1.807) is 12.1 Å². The molecule has 0 amide bonds. The molecule has 1 aromatic heterocycles. The van der Waals surface area contributed by atoms with Crippen molar-refractivity contribution < 1.29 is 5.11 Å². The number of fused-ring (bicyclic) bond motifs is 6. The van der Waals surface area contributed by atoms with Gasteiger partial charge in [-0.25, -0.2) is 19.3 Å². The van der Waals surface area contributed by atoms with E-state index in [2.05, 4.69) is 11.2 Å². The minimum Gasteiger partial charge on any atom is -0.506 e. The van der Waals surface area contributed by atoms with Crippen LogP contribution in [0.5, 0.6) is 5.75 Å². The van der Waals surface area contributed by atoms with Crippen LogP contribution in [0.1, 0.15) is 5.56 Å². The minimum atomic E-state index is -0.585. The molecule has 0 radical (unpaired) electrons. The van der Waals surface area contributed by atoms with Crippen LogP contribution in [0.3, 0.4) is 0 Å². The topological polar surface area (TPSA) is 80.0 Å². The van der Waals surface area contributed by atoms with Crippen LogP contribution in [-0.4, -0.2) is 19.5 Å². The number of rotatable bonds is 2. The molecule has 0 spiro atoms. The van der Waals surface area contributed by atoms with Crippen LogP contribution in [0, 0.1) is 6.92 Å². The van der Waals surface area contributed by atoms with E-state index in [0.717, 1.165) is 52.5 Å². The third-order valence-corrected chi connectivity index (χ3v) is 7.19. The Labute approximate surface area is 210 Å². The van der Waals surface area contributed by atoms with Crippen molar-refractivity contribution >= 4 is 43.1 Å². The maximum Gasteiger partial charge on any atom is 0.356 e. The zero-order valence-electron chi connectivity index (χ0n) is 19.9. The van der Waals surface area contributed by atoms with Crippen LogP contribution in [0.4, 0.5) is 0 Å². The number of nitrogens with zero attached hydrogens (tertiary/aromatic N) is 2. The van der Waals surface area contributed by atoms with Crippen molar-refractivity contribution in [2.24, 2.45) is 0 Å². The lowest BCUT2D eigenvalue weighted by atomic mass is 9.93. The van der Waals surface area contributed by atoms with Crippen molar-refractivity contribution in [2.75, 3.05) is 0 Å². The number of nitrogens with one attached hydrogen (secondary N) is 1. The monoisotopic (exact) mass is 483 g/mol. The Hall–Kier alpha value is -5.10. The molecule has 0 saturated heterocycles. The number of hydrogen-bond acceptors (Lipinski definition) is 3. The van der Waals surface area contributed by atoms with Gasteiger partial charge in [0.05, 0.1) is 5.69 Å². The summed E-state index contributed by atoms with van der Waals surface area (Å²) < 4.78 is 2.29. The first-order valence-electron chi connectivity index (χ1n) is 12.0. The average Bonchev–Trinajstić information content (AvgIpc) is 3.20. The SMILES string of the molecule is Cc1cccc2ccc3ccc4ccc(O)c(-n5[nH]c(=O)n(-c6cccc7ccccc67)c5=O)c4c3c12. The molecule has 0 saturated carbocycles. The highest BCUT2D eigenvalue weighted by Crippen LogP contribution is 2.39. The lowest BCUT2D eigenvalue weighted by molar-refractivity contribution is 0.471. The van der Waals surface area contributed by atoms with Crippen molar-refractivity contribution in [3.8, 4) is 17.1 Å². The molecule has 0 atom stereocenters. The van der Waals surface area contributed by atoms with E-state index in [-0.39, 0.29) is 11.4 Å². The molecule has 0 aliphatic heterocycles. The van der Waals surface area contributed by atoms with Gasteiger partial charge in [0.2, 0.25) is 0 Å². The molecule has 178 valence electrons. The highest BCUT2D eigenvalue weighted by atomic mass is 16.3. The summed E-state index contributed by atoms with van der Waals surface area (Å²) in [6.45, 7) is 2.05. The van der Waals surface area contributed by atoms with Crippen molar-refractivity contribution in [1.29, 1.82) is 0 Å². The van der Waals surface area contributed by atoms with Crippen molar-refractivity contribution in [1.82, 2.24) is 14.3 Å². The predicted octanol–water partition coefficient (Wildman–Crippen LogP) is 5.94. The summed E-state index contributed by atoms with van der Waals surface area (Å²) in [5, 5.41) is 21.1. The summed E-state index contributed by atoms with van der Waals surface area (Å²) >= 11 is 0. The Balaban J connectivity index is 1.64. The molecule has 7 rings (SSSR count). The molecule has 0 aliphatic carbocycles. The van der Waals surface area contributed by atoms with Gasteiger partial charge in [-0.1, -0.05) is 84.9 Å². The van der Waals surface area contributed by atoms with E-state index in [9.17, 15) is 14.7 Å². The molecule has 2 N–H and O–H groups in total. The number of benzene rings is 6. The van der Waals surface area contributed by atoms with Gasteiger partial charge in [0.1, 0.15) is 11.4 Å². The number of aromatic hydroxyl groups is 1. The van der Waals surface area contributed by atoms with Gasteiger partial charge in [-0.15, -0.1) is 0 Å². The predicted molar refractivity (Wildman–Crippen MR) is 148 cm³/mol. The van der Waals surface area contributed by atoms with Gasteiger partial charge in [0.15, 0.2) is 0 Å². The highest BCUT2D eigenvalue weighted by Gasteiger charge is 2.21. The number of aromatic amines is 1. The third-order valence-electron chi connectivity index (χ3n) is 7.19. The van der Waals surface area contributed by atoms with Gasteiger partial charge in [-0.3, -0.25) is 0 Å². The van der Waals surface area contributed by atoms with E-state index in [4.69, 9.17) is 0 Å². The maximum absolute atomic E-state index is 13.9. The van der Waals surface area contributed by atoms with E-state index >= 15 is 0 Å². The second-order valence-electron chi connectivity index (χ2n) is 9.30. The molecule has 6 heteroatoms. The number of aryl methyl sites for hydroxylation is 1. The standard InChI is InChI=1S/C31H21N3O3/c1-18-6-4-9-20-12-13-21-14-15-22-16-17-25(35)29(28(22)27(21)26(18)20)34-31(37)33(30(36)32-34)24-11-5-8-19-7-2-3-10-23(19)24/h2-17,35H,1H3,(H,32,36). The zero-order valence-corrected chi connectivity index (χ0v) is 19.9. The minimum absolute atomic E-state index is 0.0981. The van der Waals surface area contributed by atoms with Gasteiger partial charge in [0, 0.05) is 10.8 Å². The van der Waals surface area contributed by atoms with Crippen LogP contribution in [0.25, 0.3) is 54.5 Å². The summed E-state index contributed by atoms with van der Waals surface area (Å²) in [5.41, 5.74) is 0.644. The Kier molecular flexibility index (Phi) is 4.41. The smallest absolute Gasteiger partial charge is 0.356 e. The van der Waals surface area contributed by atoms with Crippen LogP contribution in [0.15, 0.2) is 107 Å². The molecule has 0 unspecified atom stereocenters. The Morgan fingerprint density at radius 3 is 2.08 bits per heavy atom. The summed E-state index contributed by atoms with van der Waals surface area (Å²) in [7, 11) is 0. The van der Waals surface area contributed by atoms with E-state index in [0.29, 0.717) is 11.1 Å². The van der Waals surface area contributed by atoms with Gasteiger partial charge in [-0.05, 0) is 56.9 Å². The van der Waals surface area contributed by atoms with E-state index < -0.39 is 11.4 Å². The van der Waals surface area contributed by atoms with E-state index in [1.807, 2.05) is 85.8 Å². The molecule has 0 aliphatic rings. The Morgan fingerprint density at radius 1 is 0.649 bits per heavy atom. The molecule has 1 heterocycles. The zero-order chi connectivity index (χ0) is 25.3. The second kappa shape index (κ2) is 7.70. The van der Waals surface area contributed by atoms with Crippen LogP contribution < -0.4 is 11.4 Å². The molecule has 0 fully saturated rings. The largest absolute Gasteiger partial charge is 0.506 e. The first-order chi connectivity index (χ1) is 18.0. The third kappa shape index (κ3) is 2.99. The first kappa shape index (κ1) is 21.2. The molecule has 6 aromatic carbocycles. The number of hydrogen-bond donors (Lipinski definition) is 2. The molecule has 7 aromatic rings. The van der Waals surface area contributed by atoms with Gasteiger partial charge in [-0.2, -0.15) is 4.68 Å². The molecule has 0 bridgehead atoms. The normalized spacial score (nSPS) is 11.7. The van der Waals surface area contributed by atoms with Crippen molar-refractivity contribution in [3.63, 3.8) is 0 Å². The maximum atomic E-state index is 13.9. The lowest BCUT2D eigenvalue weighted by Gasteiger charge is -2.14. The molecule has 6 nitrogen and oxygen atoms in total. The number of phenols is 1. The summed E-state index contributed by atoms with van der Waals surface area (Å²) in [4.78, 5) is 27.1. The molecular formula is C31H21N3O3. The molecule has 37 heavy (non-hydrogen) atoms. The van der Waals surface area contributed by atoms with Crippen LogP contribution >= 0.6 is 0 Å².